The van der Waals surface area contributed by atoms with Crippen molar-refractivity contribution in [1.29, 1.82) is 0 Å². The normalized spacial score (nSPS) is 11.2. The van der Waals surface area contributed by atoms with E-state index in [9.17, 15) is 9.90 Å². The molecular weight excluding hydrogens is 277 g/mol. The first kappa shape index (κ1) is 14.9. The fourth-order valence-corrected chi connectivity index (χ4v) is 1.77. The minimum atomic E-state index is -0.571. The van der Waals surface area contributed by atoms with Crippen LogP contribution in [0.3, 0.4) is 0 Å². The number of aromatic hydroxyl groups is 1. The summed E-state index contributed by atoms with van der Waals surface area (Å²) in [7, 11) is 0. The van der Waals surface area contributed by atoms with E-state index in [0.717, 1.165) is 0 Å². The number of carbonyl (C=O) groups excluding carboxylic acids is 1. The van der Waals surface area contributed by atoms with Crippen LogP contribution in [0.2, 0.25) is 10.0 Å². The van der Waals surface area contributed by atoms with Crippen LogP contribution in [0, 0.1) is 0 Å². The van der Waals surface area contributed by atoms with Crippen molar-refractivity contribution in [1.82, 2.24) is 5.32 Å². The summed E-state index contributed by atoms with van der Waals surface area (Å²) in [5, 5.41) is 12.7. The van der Waals surface area contributed by atoms with Crippen molar-refractivity contribution in [3.63, 3.8) is 0 Å². The molecule has 0 aromatic heterocycles. The highest BCUT2D eigenvalue weighted by Crippen LogP contribution is 2.30. The molecule has 2 N–H and O–H groups in total. The molecule has 1 amide bonds. The average molecular weight is 292 g/mol. The number of hydrogen-bond donors (Lipinski definition) is 2. The summed E-state index contributed by atoms with van der Waals surface area (Å²) in [4.78, 5) is 11.4. The van der Waals surface area contributed by atoms with E-state index >= 15 is 0 Å². The van der Waals surface area contributed by atoms with Crippen molar-refractivity contribution in [2.24, 2.45) is 0 Å². The molecular formula is C12H15Cl2NO3. The Morgan fingerprint density at radius 2 is 2.00 bits per heavy atom. The van der Waals surface area contributed by atoms with Crippen LogP contribution in [0.25, 0.3) is 0 Å². The molecule has 1 aromatic rings. The predicted molar refractivity (Wildman–Crippen MR) is 71.2 cm³/mol. The third kappa shape index (κ3) is 4.63. The average Bonchev–Trinajstić information content (AvgIpc) is 2.18. The van der Waals surface area contributed by atoms with Crippen LogP contribution < -0.4 is 5.32 Å². The zero-order chi connectivity index (χ0) is 13.9. The maximum absolute atomic E-state index is 11.4. The Morgan fingerprint density at radius 1 is 1.39 bits per heavy atom. The predicted octanol–water partition coefficient (Wildman–Crippen LogP) is 3.72. The number of alkyl carbamates (subject to hydrolysis) is 1. The molecule has 0 radical (unpaired) electrons. The second kappa shape index (κ2) is 5.67. The van der Waals surface area contributed by atoms with E-state index in [4.69, 9.17) is 27.9 Å². The number of nitrogens with one attached hydrogen (secondary N) is 1. The maximum Gasteiger partial charge on any atom is 0.407 e. The standard InChI is InChI=1S/C12H15Cl2NO3/c1-12(2,3)18-11(17)15-6-7-4-8(13)5-9(14)10(7)16/h4-5,16H,6H2,1-3H3,(H,15,17). The number of ether oxygens (including phenoxy) is 1. The van der Waals surface area contributed by atoms with Crippen molar-refractivity contribution in [3.8, 4) is 5.75 Å². The number of phenols is 1. The Hall–Kier alpha value is -1.13. The van der Waals surface area contributed by atoms with Crippen LogP contribution in [0.1, 0.15) is 26.3 Å². The summed E-state index contributed by atoms with van der Waals surface area (Å²) in [5.41, 5.74) is -0.142. The SMILES string of the molecule is CC(C)(C)OC(=O)NCc1cc(Cl)cc(Cl)c1O. The first-order chi connectivity index (χ1) is 8.19. The maximum atomic E-state index is 11.4. The zero-order valence-electron chi connectivity index (χ0n) is 10.4. The quantitative estimate of drug-likeness (QED) is 0.873. The molecule has 0 unspecified atom stereocenters. The summed E-state index contributed by atoms with van der Waals surface area (Å²) in [6.45, 7) is 5.38. The fraction of sp³-hybridized carbons (Fsp3) is 0.417. The van der Waals surface area contributed by atoms with Crippen molar-refractivity contribution in [2.75, 3.05) is 0 Å². The number of carbonyl (C=O) groups is 1. The number of benzene rings is 1. The molecule has 1 aromatic carbocycles. The molecule has 100 valence electrons. The summed E-state index contributed by atoms with van der Waals surface area (Å²) >= 11 is 11.6. The number of hydrogen-bond acceptors (Lipinski definition) is 3. The molecule has 6 heteroatoms. The van der Waals surface area contributed by atoms with Gasteiger partial charge in [0.15, 0.2) is 0 Å². The molecule has 0 saturated carbocycles. The van der Waals surface area contributed by atoms with E-state index < -0.39 is 11.7 Å². The van der Waals surface area contributed by atoms with Gasteiger partial charge in [0.05, 0.1) is 5.02 Å². The molecule has 0 saturated heterocycles. The van der Waals surface area contributed by atoms with E-state index in [-0.39, 0.29) is 17.3 Å². The smallest absolute Gasteiger partial charge is 0.407 e. The highest BCUT2D eigenvalue weighted by Gasteiger charge is 2.16. The van der Waals surface area contributed by atoms with Crippen LogP contribution in [0.15, 0.2) is 12.1 Å². The van der Waals surface area contributed by atoms with Gasteiger partial charge in [0.1, 0.15) is 11.4 Å². The van der Waals surface area contributed by atoms with Crippen molar-refractivity contribution >= 4 is 29.3 Å². The van der Waals surface area contributed by atoms with Gasteiger partial charge in [-0.15, -0.1) is 0 Å². The lowest BCUT2D eigenvalue weighted by Gasteiger charge is -2.19. The Kier molecular flexibility index (Phi) is 4.71. The van der Waals surface area contributed by atoms with Gasteiger partial charge in [0.25, 0.3) is 0 Å². The largest absolute Gasteiger partial charge is 0.506 e. The van der Waals surface area contributed by atoms with E-state index in [1.807, 2.05) is 0 Å². The first-order valence-electron chi connectivity index (χ1n) is 5.33. The highest BCUT2D eigenvalue weighted by atomic mass is 35.5. The van der Waals surface area contributed by atoms with E-state index in [1.54, 1.807) is 20.8 Å². The molecule has 18 heavy (non-hydrogen) atoms. The van der Waals surface area contributed by atoms with Gasteiger partial charge in [0, 0.05) is 17.1 Å². The van der Waals surface area contributed by atoms with Crippen molar-refractivity contribution in [3.05, 3.63) is 27.7 Å². The van der Waals surface area contributed by atoms with E-state index in [1.165, 1.54) is 12.1 Å². The van der Waals surface area contributed by atoms with Crippen LogP contribution in [0.5, 0.6) is 5.75 Å². The Morgan fingerprint density at radius 3 is 2.56 bits per heavy atom. The van der Waals surface area contributed by atoms with E-state index in [0.29, 0.717) is 10.6 Å². The van der Waals surface area contributed by atoms with Gasteiger partial charge >= 0.3 is 6.09 Å². The van der Waals surface area contributed by atoms with Gasteiger partial charge in [-0.05, 0) is 32.9 Å². The first-order valence-corrected chi connectivity index (χ1v) is 6.08. The monoisotopic (exact) mass is 291 g/mol. The van der Waals surface area contributed by atoms with Gasteiger partial charge in [-0.25, -0.2) is 4.79 Å². The lowest BCUT2D eigenvalue weighted by atomic mass is 10.2. The van der Waals surface area contributed by atoms with Crippen LogP contribution in [-0.2, 0) is 11.3 Å². The summed E-state index contributed by atoms with van der Waals surface area (Å²) in [6, 6.07) is 2.95. The fourth-order valence-electron chi connectivity index (χ4n) is 1.24. The third-order valence-electron chi connectivity index (χ3n) is 1.93. The molecule has 0 heterocycles. The second-order valence-electron chi connectivity index (χ2n) is 4.75. The molecule has 0 spiro atoms. The van der Waals surface area contributed by atoms with Crippen LogP contribution in [-0.4, -0.2) is 16.8 Å². The molecule has 0 aliphatic rings. The van der Waals surface area contributed by atoms with Gasteiger partial charge < -0.3 is 15.2 Å². The van der Waals surface area contributed by atoms with Crippen LogP contribution >= 0.6 is 23.2 Å². The summed E-state index contributed by atoms with van der Waals surface area (Å²) in [6.07, 6.45) is -0.571. The summed E-state index contributed by atoms with van der Waals surface area (Å²) < 4.78 is 5.06. The van der Waals surface area contributed by atoms with Crippen LogP contribution in [0.4, 0.5) is 4.79 Å². The Labute approximate surface area is 116 Å². The molecule has 0 bridgehead atoms. The van der Waals surface area contributed by atoms with Crippen molar-refractivity contribution in [2.45, 2.75) is 32.9 Å². The van der Waals surface area contributed by atoms with Gasteiger partial charge in [0.2, 0.25) is 0 Å². The number of phenolic OH excluding ortho intramolecular Hbond substituents is 1. The number of rotatable bonds is 2. The Bertz CT molecular complexity index is 455. The molecule has 0 aliphatic heterocycles. The molecule has 0 atom stereocenters. The van der Waals surface area contributed by atoms with Gasteiger partial charge in [-0.1, -0.05) is 23.2 Å². The Balaban J connectivity index is 2.67. The van der Waals surface area contributed by atoms with E-state index in [2.05, 4.69) is 5.32 Å². The number of halogens is 2. The molecule has 0 fully saturated rings. The number of amides is 1. The lowest BCUT2D eigenvalue weighted by molar-refractivity contribution is 0.0523. The van der Waals surface area contributed by atoms with Crippen molar-refractivity contribution < 1.29 is 14.6 Å². The molecule has 4 nitrogen and oxygen atoms in total. The summed E-state index contributed by atoms with van der Waals surface area (Å²) in [5.74, 6) is -0.0999. The third-order valence-corrected chi connectivity index (χ3v) is 2.44. The highest BCUT2D eigenvalue weighted by molar-refractivity contribution is 6.35. The second-order valence-corrected chi connectivity index (χ2v) is 5.59. The van der Waals surface area contributed by atoms with Gasteiger partial charge in [-0.3, -0.25) is 0 Å². The lowest BCUT2D eigenvalue weighted by Crippen LogP contribution is -2.32. The molecule has 1 rings (SSSR count). The minimum absolute atomic E-state index is 0.0844. The zero-order valence-corrected chi connectivity index (χ0v) is 11.9. The minimum Gasteiger partial charge on any atom is -0.506 e. The molecule has 0 aliphatic carbocycles. The topological polar surface area (TPSA) is 58.6 Å². The van der Waals surface area contributed by atoms with Gasteiger partial charge in [-0.2, -0.15) is 0 Å².